The van der Waals surface area contributed by atoms with Gasteiger partial charge in [-0.05, 0) is 62.4 Å². The molecule has 0 bridgehead atoms. The Balaban J connectivity index is 1.45. The topological polar surface area (TPSA) is 54.5 Å². The Kier molecular flexibility index (Phi) is 5.86. The predicted molar refractivity (Wildman–Crippen MR) is 114 cm³/mol. The van der Waals surface area contributed by atoms with Gasteiger partial charge in [0.15, 0.2) is 0 Å². The zero-order chi connectivity index (χ0) is 20.3. The van der Waals surface area contributed by atoms with Crippen LogP contribution in [0.2, 0.25) is 0 Å². The molecule has 4 rings (SSSR count). The lowest BCUT2D eigenvalue weighted by molar-refractivity contribution is -0.122. The largest absolute Gasteiger partial charge is 0.487 e. The van der Waals surface area contributed by atoms with Crippen LogP contribution in [0.3, 0.4) is 0 Å². The van der Waals surface area contributed by atoms with Gasteiger partial charge in [-0.1, -0.05) is 18.2 Å². The molecule has 3 heterocycles. The Morgan fingerprint density at radius 3 is 2.66 bits per heavy atom. The Bertz CT molecular complexity index is 829. The van der Waals surface area contributed by atoms with E-state index in [2.05, 4.69) is 39.5 Å². The van der Waals surface area contributed by atoms with Crippen molar-refractivity contribution in [2.75, 3.05) is 13.1 Å². The number of piperidine rings is 1. The monoisotopic (exact) mass is 393 g/mol. The van der Waals surface area contributed by atoms with Crippen LogP contribution < -0.4 is 10.1 Å². The van der Waals surface area contributed by atoms with Gasteiger partial charge >= 0.3 is 0 Å². The molecular formula is C24H31N3O2. The summed E-state index contributed by atoms with van der Waals surface area (Å²) in [6.07, 6.45) is 7.15. The van der Waals surface area contributed by atoms with E-state index in [0.29, 0.717) is 6.42 Å². The average molecular weight is 394 g/mol. The summed E-state index contributed by atoms with van der Waals surface area (Å²) in [6, 6.07) is 12.6. The van der Waals surface area contributed by atoms with E-state index in [-0.39, 0.29) is 23.5 Å². The van der Waals surface area contributed by atoms with Gasteiger partial charge in [-0.2, -0.15) is 0 Å². The minimum absolute atomic E-state index is 0.131. The first-order valence-corrected chi connectivity index (χ1v) is 10.7. The standard InChI is InChI=1S/C24H31N3O2/c1-18(2)26-23(28)15-20-16-24(29-22-6-4-3-5-21(20)22)9-13-27(14-10-24)17-19-7-11-25-12-8-19/h3-8,11-12,18,20H,9-10,13-17H2,1-2H3,(H,26,28)/t20-/m0/s1. The molecule has 0 saturated carbocycles. The van der Waals surface area contributed by atoms with Crippen molar-refractivity contribution in [3.8, 4) is 5.75 Å². The van der Waals surface area contributed by atoms with Crippen molar-refractivity contribution in [3.63, 3.8) is 0 Å². The van der Waals surface area contributed by atoms with Gasteiger partial charge < -0.3 is 10.1 Å². The molecule has 1 spiro atoms. The van der Waals surface area contributed by atoms with Gasteiger partial charge in [0.1, 0.15) is 11.4 Å². The molecule has 1 N–H and O–H groups in total. The molecule has 0 unspecified atom stereocenters. The highest BCUT2D eigenvalue weighted by Crippen LogP contribution is 2.46. The third kappa shape index (κ3) is 4.78. The van der Waals surface area contributed by atoms with Crippen molar-refractivity contribution in [2.45, 2.75) is 63.6 Å². The number of pyridine rings is 1. The molecule has 5 heteroatoms. The molecule has 154 valence electrons. The van der Waals surface area contributed by atoms with Gasteiger partial charge in [0.05, 0.1) is 0 Å². The molecule has 1 fully saturated rings. The molecule has 2 aliphatic rings. The second kappa shape index (κ2) is 8.54. The number of hydrogen-bond acceptors (Lipinski definition) is 4. The minimum Gasteiger partial charge on any atom is -0.487 e. The molecule has 1 aromatic carbocycles. The Labute approximate surface area is 173 Å². The number of nitrogens with one attached hydrogen (secondary N) is 1. The minimum atomic E-state index is -0.161. The van der Waals surface area contributed by atoms with Crippen LogP contribution in [0, 0.1) is 0 Å². The van der Waals surface area contributed by atoms with Crippen LogP contribution in [0.1, 0.15) is 56.6 Å². The van der Waals surface area contributed by atoms with Crippen LogP contribution in [-0.4, -0.2) is 40.5 Å². The number of aromatic nitrogens is 1. The molecule has 1 saturated heterocycles. The smallest absolute Gasteiger partial charge is 0.220 e. The number of amides is 1. The molecule has 1 atom stereocenters. The normalized spacial score (nSPS) is 20.9. The summed E-state index contributed by atoms with van der Waals surface area (Å²) in [6.45, 7) is 6.99. The van der Waals surface area contributed by atoms with Gasteiger partial charge in [0, 0.05) is 50.4 Å². The van der Waals surface area contributed by atoms with Gasteiger partial charge in [-0.25, -0.2) is 0 Å². The summed E-state index contributed by atoms with van der Waals surface area (Å²) in [5.41, 5.74) is 2.32. The number of hydrogen-bond donors (Lipinski definition) is 1. The van der Waals surface area contributed by atoms with E-state index in [9.17, 15) is 4.79 Å². The number of ether oxygens (including phenoxy) is 1. The zero-order valence-corrected chi connectivity index (χ0v) is 17.4. The highest BCUT2D eigenvalue weighted by molar-refractivity contribution is 5.77. The summed E-state index contributed by atoms with van der Waals surface area (Å²) in [7, 11) is 0. The Morgan fingerprint density at radius 2 is 1.93 bits per heavy atom. The van der Waals surface area contributed by atoms with E-state index < -0.39 is 0 Å². The van der Waals surface area contributed by atoms with E-state index >= 15 is 0 Å². The number of rotatable bonds is 5. The SMILES string of the molecule is CC(C)NC(=O)C[C@H]1CC2(CCN(Cc3ccncc3)CC2)Oc2ccccc21. The summed E-state index contributed by atoms with van der Waals surface area (Å²) in [4.78, 5) is 19.1. The van der Waals surface area contributed by atoms with E-state index in [0.717, 1.165) is 44.6 Å². The highest BCUT2D eigenvalue weighted by Gasteiger charge is 2.43. The Hall–Kier alpha value is -2.40. The fourth-order valence-corrected chi connectivity index (χ4v) is 4.70. The zero-order valence-electron chi connectivity index (χ0n) is 17.4. The number of likely N-dealkylation sites (tertiary alicyclic amines) is 1. The van der Waals surface area contributed by atoms with Gasteiger partial charge in [0.2, 0.25) is 5.91 Å². The first-order chi connectivity index (χ1) is 14.0. The van der Waals surface area contributed by atoms with Crippen molar-refractivity contribution in [3.05, 3.63) is 59.9 Å². The van der Waals surface area contributed by atoms with E-state index in [4.69, 9.17) is 4.74 Å². The van der Waals surface area contributed by atoms with Crippen molar-refractivity contribution in [1.29, 1.82) is 0 Å². The Morgan fingerprint density at radius 1 is 1.21 bits per heavy atom. The second-order valence-corrected chi connectivity index (χ2v) is 8.78. The third-order valence-electron chi connectivity index (χ3n) is 6.11. The molecule has 0 aliphatic carbocycles. The predicted octanol–water partition coefficient (Wildman–Crippen LogP) is 3.90. The number of carbonyl (C=O) groups is 1. The van der Waals surface area contributed by atoms with Crippen molar-refractivity contribution in [2.24, 2.45) is 0 Å². The van der Waals surface area contributed by atoms with Crippen molar-refractivity contribution < 1.29 is 9.53 Å². The maximum Gasteiger partial charge on any atom is 0.220 e. The molecule has 0 radical (unpaired) electrons. The molecule has 5 nitrogen and oxygen atoms in total. The van der Waals surface area contributed by atoms with Crippen LogP contribution in [-0.2, 0) is 11.3 Å². The lowest BCUT2D eigenvalue weighted by Gasteiger charge is -2.47. The van der Waals surface area contributed by atoms with Gasteiger partial charge in [-0.15, -0.1) is 0 Å². The van der Waals surface area contributed by atoms with Crippen molar-refractivity contribution >= 4 is 5.91 Å². The first kappa shape index (κ1) is 19.9. The maximum absolute atomic E-state index is 12.5. The number of nitrogens with zero attached hydrogens (tertiary/aromatic N) is 2. The average Bonchev–Trinajstić information content (AvgIpc) is 2.70. The number of carbonyl (C=O) groups excluding carboxylic acids is 1. The molecule has 29 heavy (non-hydrogen) atoms. The van der Waals surface area contributed by atoms with Crippen LogP contribution in [0.4, 0.5) is 0 Å². The number of fused-ring (bicyclic) bond motifs is 1. The van der Waals surface area contributed by atoms with Crippen LogP contribution in [0.25, 0.3) is 0 Å². The molecular weight excluding hydrogens is 362 g/mol. The van der Waals surface area contributed by atoms with E-state index in [1.807, 2.05) is 38.4 Å². The van der Waals surface area contributed by atoms with Crippen LogP contribution in [0.15, 0.2) is 48.8 Å². The van der Waals surface area contributed by atoms with Crippen molar-refractivity contribution in [1.82, 2.24) is 15.2 Å². The maximum atomic E-state index is 12.5. The first-order valence-electron chi connectivity index (χ1n) is 10.7. The lowest BCUT2D eigenvalue weighted by atomic mass is 9.76. The van der Waals surface area contributed by atoms with Gasteiger partial charge in [0.25, 0.3) is 0 Å². The summed E-state index contributed by atoms with van der Waals surface area (Å²) in [5.74, 6) is 1.31. The summed E-state index contributed by atoms with van der Waals surface area (Å²) in [5, 5.41) is 3.05. The number of para-hydroxylation sites is 1. The quantitative estimate of drug-likeness (QED) is 0.837. The van der Waals surface area contributed by atoms with E-state index in [1.54, 1.807) is 0 Å². The second-order valence-electron chi connectivity index (χ2n) is 8.78. The van der Waals surface area contributed by atoms with Crippen LogP contribution >= 0.6 is 0 Å². The van der Waals surface area contributed by atoms with Gasteiger partial charge in [-0.3, -0.25) is 14.7 Å². The summed E-state index contributed by atoms with van der Waals surface area (Å²) < 4.78 is 6.58. The third-order valence-corrected chi connectivity index (χ3v) is 6.11. The molecule has 1 aromatic heterocycles. The van der Waals surface area contributed by atoms with E-state index in [1.165, 1.54) is 11.1 Å². The molecule has 1 amide bonds. The highest BCUT2D eigenvalue weighted by atomic mass is 16.5. The molecule has 2 aromatic rings. The fraction of sp³-hybridized carbons (Fsp3) is 0.500. The fourth-order valence-electron chi connectivity index (χ4n) is 4.70. The summed E-state index contributed by atoms with van der Waals surface area (Å²) >= 11 is 0. The lowest BCUT2D eigenvalue weighted by Crippen LogP contribution is -2.50. The number of benzene rings is 1. The van der Waals surface area contributed by atoms with Crippen LogP contribution in [0.5, 0.6) is 5.75 Å². The molecule has 2 aliphatic heterocycles.